The third kappa shape index (κ3) is 13.6. The largest absolute Gasteiger partial charge is 0.0636 e. The summed E-state index contributed by atoms with van der Waals surface area (Å²) in [5, 5.41) is -22.7. The molecule has 0 radical (unpaired) electrons. The van der Waals surface area contributed by atoms with Crippen molar-refractivity contribution in [3.63, 3.8) is 0 Å². The molecule has 0 aromatic heterocycles. The lowest BCUT2D eigenvalue weighted by Gasteiger charge is -2.20. The molecule has 0 saturated carbocycles. The minimum Gasteiger partial charge on any atom is -0.0622 e. The van der Waals surface area contributed by atoms with Crippen LogP contribution in [0.15, 0.2) is 520 Å². The standard InChI is InChI=1S/C48H30.2C44H28/c1-4-16-37-31(11-1)14-9-21-40(37)35-25-28-45-46(30-35)48(42-22-10-15-32-12-2-6-18-39(32)42)44-20-8-7-19-43(44)47(45)36-26-27-41-34(29-36)24-23-33-13-3-5-17-38(33)41;1-2-11-29(12-3-1)32-23-26-41-42(28-32)43(34-24-25-37-33(27-34)22-21-31-14-5-6-16-35(31)37)39-18-8-9-19-40(39)44(41)38-20-10-15-30-13-4-7-17-36(30)38;1-2-11-29(12-3-1)32-23-26-41-42(28-32)44(38-20-10-15-30-13-4-7-17-36(30)38)40-19-9-8-18-39(40)43(41)34-24-25-37-33(27-34)22-21-31-14-5-6-16-35(31)37/h1-30H;2*1-28H/i1D,2D,3D,4D,5D,6D,7D,8D,9D,10D,11D,12D,13D,14D,15D,16D,17D,18D,19D,20D,21D,22D,23D,24D,25D,26D,27D,28D,29D,30D;2*1D,2D,3D,4D,5D,6D,7D,8D,9D,10D,11D,12D,13D,14D,15D,16D,17D,18D,19D,20D,21D,22D,23D,24D,25D,26D,27D,28D. The van der Waals surface area contributed by atoms with Crippen molar-refractivity contribution in [1.82, 2.24) is 0 Å². The molecule has 0 spiro atoms. The highest BCUT2D eigenvalue weighted by Gasteiger charge is 2.25. The molecule has 0 aliphatic heterocycles. The summed E-state index contributed by atoms with van der Waals surface area (Å²) < 4.78 is 778. The van der Waals surface area contributed by atoms with Crippen LogP contribution in [0.25, 0.3) is 273 Å². The Labute approximate surface area is 909 Å². The summed E-state index contributed by atoms with van der Waals surface area (Å²) in [4.78, 5) is 0. The van der Waals surface area contributed by atoms with Crippen molar-refractivity contribution in [3.05, 3.63) is 520 Å². The highest BCUT2D eigenvalue weighted by molar-refractivity contribution is 6.29. The van der Waals surface area contributed by atoms with Gasteiger partial charge in [0.15, 0.2) is 0 Å². The van der Waals surface area contributed by atoms with E-state index in [4.69, 9.17) is 75.4 Å². The van der Waals surface area contributed by atoms with Gasteiger partial charge in [-0.15, -0.1) is 0 Å². The molecule has 136 heavy (non-hydrogen) atoms. The molecule has 0 unspecified atom stereocenters. The van der Waals surface area contributed by atoms with Crippen molar-refractivity contribution < 1.29 is 118 Å². The second-order valence-electron chi connectivity index (χ2n) is 29.5. The maximum Gasteiger partial charge on any atom is 0.0636 e. The second-order valence-corrected chi connectivity index (χ2v) is 29.5. The Bertz CT molecular complexity index is 15300. The van der Waals surface area contributed by atoms with E-state index in [1.165, 1.54) is 0 Å². The van der Waals surface area contributed by atoms with Gasteiger partial charge in [-0.25, -0.2) is 0 Å². The molecular formula is C136H86. The van der Waals surface area contributed by atoms with Crippen LogP contribution in [0.5, 0.6) is 0 Å². The van der Waals surface area contributed by atoms with Crippen LogP contribution >= 0.6 is 0 Å². The maximum absolute atomic E-state index is 10.3. The lowest BCUT2D eigenvalue weighted by molar-refractivity contribution is 1.64. The molecule has 0 saturated heterocycles. The quantitative estimate of drug-likeness (QED) is 0.0998. The van der Waals surface area contributed by atoms with Gasteiger partial charge in [-0.3, -0.25) is 0 Å². The van der Waals surface area contributed by atoms with E-state index in [0.717, 1.165) is 0 Å². The number of rotatable bonds is 9. The summed E-state index contributed by atoms with van der Waals surface area (Å²) in [6.45, 7) is 0. The fourth-order valence-electron chi connectivity index (χ4n) is 16.4. The van der Waals surface area contributed by atoms with Crippen LogP contribution in [0.2, 0.25) is 0 Å². The van der Waals surface area contributed by atoms with Gasteiger partial charge in [0.25, 0.3) is 0 Å². The highest BCUT2D eigenvalue weighted by Crippen LogP contribution is 2.53. The number of benzene rings is 28. The molecule has 0 bridgehead atoms. The van der Waals surface area contributed by atoms with E-state index in [1.807, 2.05) is 0 Å². The van der Waals surface area contributed by atoms with Crippen molar-refractivity contribution in [3.8, 4) is 100 Å². The first-order valence-electron chi connectivity index (χ1n) is 83.2. The van der Waals surface area contributed by atoms with E-state index in [9.17, 15) is 42.5 Å². The topological polar surface area (TPSA) is 0 Å². The summed E-state index contributed by atoms with van der Waals surface area (Å²) in [7, 11) is 0. The molecule has 0 fully saturated rings. The van der Waals surface area contributed by atoms with E-state index >= 15 is 0 Å². The van der Waals surface area contributed by atoms with Gasteiger partial charge in [0.2, 0.25) is 0 Å². The van der Waals surface area contributed by atoms with Crippen LogP contribution in [-0.2, 0) is 0 Å². The van der Waals surface area contributed by atoms with E-state index in [1.54, 1.807) is 0 Å². The van der Waals surface area contributed by atoms with Gasteiger partial charge in [-0.05, 0) is 309 Å². The minimum absolute atomic E-state index is 0.530. The Kier molecular flexibility index (Phi) is 7.58. The average Bonchev–Trinajstić information content (AvgIpc) is 0.676. The van der Waals surface area contributed by atoms with Crippen molar-refractivity contribution in [2.45, 2.75) is 0 Å². The molecule has 28 rings (SSSR count). The van der Waals surface area contributed by atoms with E-state index in [0.29, 0.717) is 0 Å². The molecule has 0 aliphatic rings. The maximum atomic E-state index is 10.3. The number of hydrogen-bond donors (Lipinski definition) is 0. The van der Waals surface area contributed by atoms with Gasteiger partial charge < -0.3 is 0 Å². The van der Waals surface area contributed by atoms with Crippen LogP contribution in [0, 0.1) is 0 Å². The molecule has 0 aliphatic carbocycles. The summed E-state index contributed by atoms with van der Waals surface area (Å²) in [6, 6.07) is -83.3. The predicted octanol–water partition coefficient (Wildman–Crippen LogP) is 38.5. The fourth-order valence-corrected chi connectivity index (χ4v) is 16.4. The first-order chi connectivity index (χ1) is 103. The molecule has 28 aromatic carbocycles. The number of hydrogen-bond acceptors (Lipinski definition) is 0. The van der Waals surface area contributed by atoms with Gasteiger partial charge in [-0.1, -0.05) is 483 Å². The molecule has 28 aromatic rings. The van der Waals surface area contributed by atoms with Gasteiger partial charge in [0.1, 0.15) is 0 Å². The summed E-state index contributed by atoms with van der Waals surface area (Å²) >= 11 is 0. The Morgan fingerprint density at radius 3 is 0.618 bits per heavy atom. The highest BCUT2D eigenvalue weighted by atomic mass is 14.3. The smallest absolute Gasteiger partial charge is 0.0622 e. The Hall–Kier alpha value is -17.7. The summed E-state index contributed by atoms with van der Waals surface area (Å²) in [5.41, 5.74) is -15.2. The Morgan fingerprint density at radius 2 is 0.279 bits per heavy atom. The van der Waals surface area contributed by atoms with Crippen LogP contribution in [0.4, 0.5) is 0 Å². The van der Waals surface area contributed by atoms with Gasteiger partial charge in [-0.2, -0.15) is 0 Å². The van der Waals surface area contributed by atoms with E-state index < -0.39 is 792 Å². The lowest BCUT2D eigenvalue weighted by Crippen LogP contribution is -1.93. The zero-order valence-corrected chi connectivity index (χ0v) is 68.0. The minimum atomic E-state index is -1.16. The Balaban J connectivity index is 0.000000153. The molecule has 0 atom stereocenters. The van der Waals surface area contributed by atoms with E-state index in [-0.39, 0.29) is 0 Å². The third-order valence-electron chi connectivity index (χ3n) is 22.2. The van der Waals surface area contributed by atoms with E-state index in [2.05, 4.69) is 0 Å². The SMILES string of the molecule is [2H]c1c([2H])c([2H])c(-c2c([2H])c([2H])c3c(-c4c([2H])c([2H])c([2H])c5c([2H])c([2H])c([2H])c([2H])c45)c4c([2H])c([2H])c([2H])c([2H])c4c(-c4c([2H])c([2H])c5c(c4[2H])c([2H])c([2H])c4c([2H])c([2H])c([2H])c([2H])c45)c3c2[2H])c([2H])c1[2H].[2H]c1c([2H])c([2H])c(-c2c([2H])c([2H])c3c(-c4c([2H])c([2H])c5c(c4[2H])c([2H])c([2H])c4c([2H])c([2H])c([2H])c([2H])c45)c4c([2H])c([2H])c([2H])c([2H])c4c(-c4c([2H])c([2H])c([2H])c5c([2H])c([2H])c([2H])c([2H])c45)c3c2[2H])c([2H])c1[2H].[2H]c1c([2H])c([2H])c2c(-c3c([2H])c([2H])c4c(-c5c([2H])c([2H])c6c(c5[2H])c([2H])c([2H])c5c([2H])c([2H])c([2H])c([2H])c56)c5c([2H])c([2H])c([2H])c([2H])c5c(-c5c([2H])c([2H])c([2H])c6c([2H])c([2H])c([2H])c([2H])c56)c4c3[2H])c([2H])c([2H])c([2H])c2c1[2H]. The predicted molar refractivity (Wildman–Crippen MR) is 588 cm³/mol. The van der Waals surface area contributed by atoms with Crippen LogP contribution in [-0.4, -0.2) is 0 Å². The van der Waals surface area contributed by atoms with Gasteiger partial charge >= 0.3 is 0 Å². The molecule has 630 valence electrons. The van der Waals surface area contributed by atoms with Gasteiger partial charge in [0, 0.05) is 0 Å². The van der Waals surface area contributed by atoms with Gasteiger partial charge in [0.05, 0.1) is 118 Å². The van der Waals surface area contributed by atoms with Crippen molar-refractivity contribution in [2.24, 2.45) is 0 Å². The lowest BCUT2D eigenvalue weighted by atomic mass is 9.83. The second kappa shape index (κ2) is 33.3. The average molecular weight is 1810 g/mol. The molecule has 0 heterocycles. The molecule has 0 N–H and O–H groups in total. The zero-order chi connectivity index (χ0) is 165. The van der Waals surface area contributed by atoms with Crippen LogP contribution < -0.4 is 0 Å². The Morgan fingerprint density at radius 1 is 0.0882 bits per heavy atom. The fraction of sp³-hybridized carbons (Fsp3) is 0. The first kappa shape index (κ1) is 31.0. The first-order valence-corrected chi connectivity index (χ1v) is 40.2. The zero-order valence-electron chi connectivity index (χ0n) is 154. The molecule has 0 amide bonds. The van der Waals surface area contributed by atoms with Crippen LogP contribution in [0.1, 0.15) is 118 Å². The normalized spacial score (nSPS) is 20.5. The van der Waals surface area contributed by atoms with Crippen molar-refractivity contribution >= 4 is 172 Å². The third-order valence-corrected chi connectivity index (χ3v) is 22.2. The van der Waals surface area contributed by atoms with Crippen molar-refractivity contribution in [1.29, 1.82) is 0 Å². The number of fused-ring (bicyclic) bond motifs is 19. The molecule has 0 nitrogen and oxygen atoms in total. The van der Waals surface area contributed by atoms with Crippen molar-refractivity contribution in [2.75, 3.05) is 0 Å². The molecule has 0 heteroatoms. The summed E-state index contributed by atoms with van der Waals surface area (Å²) in [6.07, 6.45) is 0. The summed E-state index contributed by atoms with van der Waals surface area (Å²) in [5.74, 6) is 0. The monoisotopic (exact) mass is 1810 g/mol. The molecular weight excluding hydrogens is 1630 g/mol. The van der Waals surface area contributed by atoms with Crippen LogP contribution in [0.3, 0.4) is 0 Å².